The smallest absolute Gasteiger partial charge is 0.244 e. The molecule has 0 aliphatic heterocycles. The maximum absolute atomic E-state index is 13.7. The highest BCUT2D eigenvalue weighted by Crippen LogP contribution is 2.25. The molecule has 7 nitrogen and oxygen atoms in total. The van der Waals surface area contributed by atoms with E-state index in [1.54, 1.807) is 37.3 Å². The summed E-state index contributed by atoms with van der Waals surface area (Å²) in [6, 6.07) is 11.2. The SMILES string of the molecule is CCc1ccc(N(CC(=O)N(Cc2ccc(Cl)cc2Cl)[C@@H](C)C(=O)NC2CCCCC2)S(C)(=O)=O)cc1. The molecule has 0 radical (unpaired) electrons. The van der Waals surface area contributed by atoms with Crippen molar-refractivity contribution < 1.29 is 18.0 Å². The average molecular weight is 569 g/mol. The predicted molar refractivity (Wildman–Crippen MR) is 149 cm³/mol. The highest BCUT2D eigenvalue weighted by Gasteiger charge is 2.31. The number of nitrogens with one attached hydrogen (secondary N) is 1. The van der Waals surface area contributed by atoms with Crippen LogP contribution in [0.2, 0.25) is 10.0 Å². The van der Waals surface area contributed by atoms with Crippen LogP contribution in [-0.2, 0) is 32.6 Å². The second-order valence-corrected chi connectivity index (χ2v) is 12.3. The molecule has 2 aromatic carbocycles. The number of hydrogen-bond donors (Lipinski definition) is 1. The molecule has 1 saturated carbocycles. The number of carbonyl (C=O) groups is 2. The van der Waals surface area contributed by atoms with E-state index in [2.05, 4.69) is 5.32 Å². The van der Waals surface area contributed by atoms with Crippen molar-refractivity contribution in [3.8, 4) is 0 Å². The Hall–Kier alpha value is -2.29. The Labute approximate surface area is 230 Å². The van der Waals surface area contributed by atoms with Crippen molar-refractivity contribution in [2.75, 3.05) is 17.1 Å². The second-order valence-electron chi connectivity index (χ2n) is 9.57. The zero-order valence-corrected chi connectivity index (χ0v) is 23.9. The van der Waals surface area contributed by atoms with Gasteiger partial charge in [-0.3, -0.25) is 13.9 Å². The van der Waals surface area contributed by atoms with Gasteiger partial charge in [-0.1, -0.05) is 67.6 Å². The molecule has 37 heavy (non-hydrogen) atoms. The van der Waals surface area contributed by atoms with Gasteiger partial charge in [0.05, 0.1) is 11.9 Å². The zero-order chi connectivity index (χ0) is 27.2. The van der Waals surface area contributed by atoms with Crippen LogP contribution in [-0.4, -0.2) is 50.0 Å². The summed E-state index contributed by atoms with van der Waals surface area (Å²) in [7, 11) is -3.78. The van der Waals surface area contributed by atoms with Gasteiger partial charge >= 0.3 is 0 Å². The summed E-state index contributed by atoms with van der Waals surface area (Å²) >= 11 is 12.4. The first kappa shape index (κ1) is 29.3. The quantitative estimate of drug-likeness (QED) is 0.428. The summed E-state index contributed by atoms with van der Waals surface area (Å²) in [6.45, 7) is 3.24. The van der Waals surface area contributed by atoms with Gasteiger partial charge in [0.15, 0.2) is 0 Å². The van der Waals surface area contributed by atoms with Crippen LogP contribution in [0, 0.1) is 0 Å². The number of hydrogen-bond acceptors (Lipinski definition) is 4. The van der Waals surface area contributed by atoms with Crippen molar-refractivity contribution in [2.24, 2.45) is 0 Å². The van der Waals surface area contributed by atoms with E-state index >= 15 is 0 Å². The van der Waals surface area contributed by atoms with Gasteiger partial charge in [-0.2, -0.15) is 0 Å². The van der Waals surface area contributed by atoms with Gasteiger partial charge in [-0.25, -0.2) is 8.42 Å². The third kappa shape index (κ3) is 8.09. The molecule has 1 fully saturated rings. The second kappa shape index (κ2) is 13.0. The number of aryl methyl sites for hydroxylation is 1. The molecule has 0 spiro atoms. The number of carbonyl (C=O) groups excluding carboxylic acids is 2. The minimum atomic E-state index is -3.78. The summed E-state index contributed by atoms with van der Waals surface area (Å²) in [5.41, 5.74) is 2.04. The first-order valence-electron chi connectivity index (χ1n) is 12.6. The van der Waals surface area contributed by atoms with Gasteiger partial charge in [0, 0.05) is 22.6 Å². The summed E-state index contributed by atoms with van der Waals surface area (Å²) < 4.78 is 26.5. The summed E-state index contributed by atoms with van der Waals surface area (Å²) in [5.74, 6) is -0.786. The van der Waals surface area contributed by atoms with Crippen LogP contribution >= 0.6 is 23.2 Å². The Morgan fingerprint density at radius 3 is 2.27 bits per heavy atom. The van der Waals surface area contributed by atoms with Gasteiger partial charge < -0.3 is 10.2 Å². The molecule has 1 N–H and O–H groups in total. The Morgan fingerprint density at radius 1 is 1.05 bits per heavy atom. The standard InChI is InChI=1S/C27H35Cl2N3O4S/c1-4-20-10-14-24(15-11-20)32(37(3,35)36)18-26(33)31(17-21-12-13-22(28)16-25(21)29)19(2)27(34)30-23-8-6-5-7-9-23/h10-16,19,23H,4-9,17-18H2,1-3H3,(H,30,34)/t19-/m0/s1. The fourth-order valence-corrected chi connectivity index (χ4v) is 5.81. The first-order valence-corrected chi connectivity index (χ1v) is 15.2. The number of anilines is 1. The van der Waals surface area contributed by atoms with Gasteiger partial charge in [0.2, 0.25) is 21.8 Å². The van der Waals surface area contributed by atoms with Crippen LogP contribution in [0.15, 0.2) is 42.5 Å². The molecule has 0 heterocycles. The van der Waals surface area contributed by atoms with Crippen molar-refractivity contribution in [3.05, 3.63) is 63.6 Å². The van der Waals surface area contributed by atoms with E-state index in [1.165, 1.54) is 4.90 Å². The highest BCUT2D eigenvalue weighted by molar-refractivity contribution is 7.92. The average Bonchev–Trinajstić information content (AvgIpc) is 2.86. The molecule has 1 aliphatic rings. The largest absolute Gasteiger partial charge is 0.352 e. The van der Waals surface area contributed by atoms with E-state index in [-0.39, 0.29) is 18.5 Å². The number of nitrogens with zero attached hydrogens (tertiary/aromatic N) is 2. The lowest BCUT2D eigenvalue weighted by Crippen LogP contribution is -2.53. The lowest BCUT2D eigenvalue weighted by Gasteiger charge is -2.33. The Balaban J connectivity index is 1.89. The molecule has 3 rings (SSSR count). The zero-order valence-electron chi connectivity index (χ0n) is 21.5. The highest BCUT2D eigenvalue weighted by atomic mass is 35.5. The van der Waals surface area contributed by atoms with Gasteiger partial charge in [-0.05, 0) is 61.6 Å². The molecule has 1 atom stereocenters. The van der Waals surface area contributed by atoms with Gasteiger partial charge in [0.25, 0.3) is 0 Å². The molecule has 10 heteroatoms. The summed E-state index contributed by atoms with van der Waals surface area (Å²) in [6.07, 6.45) is 6.96. The van der Waals surface area contributed by atoms with Crippen LogP contribution in [0.25, 0.3) is 0 Å². The first-order chi connectivity index (χ1) is 17.5. The van der Waals surface area contributed by atoms with Crippen LogP contribution < -0.4 is 9.62 Å². The Morgan fingerprint density at radius 2 is 1.70 bits per heavy atom. The van der Waals surface area contributed by atoms with E-state index < -0.39 is 28.5 Å². The Bertz CT molecular complexity index is 1200. The number of sulfonamides is 1. The third-order valence-electron chi connectivity index (χ3n) is 6.79. The molecular formula is C27H35Cl2N3O4S. The van der Waals surface area contributed by atoms with Crippen molar-refractivity contribution in [3.63, 3.8) is 0 Å². The van der Waals surface area contributed by atoms with Crippen LogP contribution in [0.1, 0.15) is 57.1 Å². The molecule has 1 aliphatic carbocycles. The van der Waals surface area contributed by atoms with E-state index in [1.807, 2.05) is 19.1 Å². The molecule has 0 unspecified atom stereocenters. The van der Waals surface area contributed by atoms with E-state index in [0.717, 1.165) is 54.6 Å². The van der Waals surface area contributed by atoms with E-state index in [0.29, 0.717) is 21.3 Å². The maximum atomic E-state index is 13.7. The van der Waals surface area contributed by atoms with E-state index in [4.69, 9.17) is 23.2 Å². The van der Waals surface area contributed by atoms with E-state index in [9.17, 15) is 18.0 Å². The lowest BCUT2D eigenvalue weighted by molar-refractivity contribution is -0.139. The number of benzene rings is 2. The number of amides is 2. The van der Waals surface area contributed by atoms with Gasteiger partial charge in [-0.15, -0.1) is 0 Å². The molecule has 2 amide bonds. The molecule has 0 aromatic heterocycles. The number of rotatable bonds is 10. The van der Waals surface area contributed by atoms with Crippen LogP contribution in [0.4, 0.5) is 5.69 Å². The fraction of sp³-hybridized carbons (Fsp3) is 0.481. The molecule has 202 valence electrons. The minimum absolute atomic E-state index is 0.0282. The predicted octanol–water partition coefficient (Wildman–Crippen LogP) is 5.19. The molecular weight excluding hydrogens is 533 g/mol. The monoisotopic (exact) mass is 567 g/mol. The van der Waals surface area contributed by atoms with Crippen molar-refractivity contribution in [1.29, 1.82) is 0 Å². The van der Waals surface area contributed by atoms with Crippen molar-refractivity contribution in [1.82, 2.24) is 10.2 Å². The molecule has 2 aromatic rings. The summed E-state index contributed by atoms with van der Waals surface area (Å²) in [5, 5.41) is 3.89. The topological polar surface area (TPSA) is 86.8 Å². The minimum Gasteiger partial charge on any atom is -0.352 e. The third-order valence-corrected chi connectivity index (χ3v) is 8.51. The van der Waals surface area contributed by atoms with Crippen LogP contribution in [0.5, 0.6) is 0 Å². The van der Waals surface area contributed by atoms with Crippen molar-refractivity contribution in [2.45, 2.75) is 71.0 Å². The molecule has 0 saturated heterocycles. The Kier molecular flexibility index (Phi) is 10.3. The van der Waals surface area contributed by atoms with Crippen LogP contribution in [0.3, 0.4) is 0 Å². The molecule has 0 bridgehead atoms. The van der Waals surface area contributed by atoms with Crippen molar-refractivity contribution >= 4 is 50.7 Å². The fourth-order valence-electron chi connectivity index (χ4n) is 4.50. The number of halogens is 2. The maximum Gasteiger partial charge on any atom is 0.244 e. The summed E-state index contributed by atoms with van der Waals surface area (Å²) in [4.78, 5) is 28.3. The lowest BCUT2D eigenvalue weighted by atomic mass is 9.95. The van der Waals surface area contributed by atoms with Gasteiger partial charge in [0.1, 0.15) is 12.6 Å². The normalized spacial score (nSPS) is 15.2.